The summed E-state index contributed by atoms with van der Waals surface area (Å²) < 4.78 is 7.22. The van der Waals surface area contributed by atoms with Crippen LogP contribution in [0, 0.1) is 11.8 Å². The number of hydrogen-bond acceptors (Lipinski definition) is 10. The molecule has 0 aliphatic carbocycles. The van der Waals surface area contributed by atoms with E-state index in [4.69, 9.17) is 14.7 Å². The molecule has 6 aromatic rings. The minimum atomic E-state index is -0.722. The van der Waals surface area contributed by atoms with E-state index in [2.05, 4.69) is 73.8 Å². The van der Waals surface area contributed by atoms with Gasteiger partial charge in [-0.3, -0.25) is 14.4 Å². The molecule has 4 atom stereocenters. The van der Waals surface area contributed by atoms with E-state index in [0.717, 1.165) is 70.5 Å². The average Bonchev–Trinajstić information content (AvgIpc) is 4.10. The molecule has 0 saturated carbocycles. The highest BCUT2D eigenvalue weighted by atomic mass is 32.1. The van der Waals surface area contributed by atoms with Crippen LogP contribution < -0.4 is 10.6 Å². The number of nitrogens with zero attached hydrogens (tertiary/aromatic N) is 4. The molecular weight excluding hydrogens is 801 g/mol. The number of imidazole rings is 2. The highest BCUT2D eigenvalue weighted by molar-refractivity contribution is 7.27. The van der Waals surface area contributed by atoms with Gasteiger partial charge in [-0.25, -0.2) is 14.8 Å². The molecule has 2 unspecified atom stereocenters. The van der Waals surface area contributed by atoms with Gasteiger partial charge in [0, 0.05) is 35.0 Å². The van der Waals surface area contributed by atoms with Crippen LogP contribution in [0.3, 0.4) is 0 Å². The van der Waals surface area contributed by atoms with Crippen LogP contribution in [0.4, 0.5) is 4.79 Å². The molecule has 2 saturated heterocycles. The minimum Gasteiger partial charge on any atom is -0.453 e. The summed E-state index contributed by atoms with van der Waals surface area (Å²) in [6.45, 7) is 8.09. The van der Waals surface area contributed by atoms with E-state index in [0.29, 0.717) is 18.9 Å². The third-order valence-electron chi connectivity index (χ3n) is 11.7. The summed E-state index contributed by atoms with van der Waals surface area (Å²) in [5, 5.41) is 19.1. The normalized spacial score (nSPS) is 17.9. The van der Waals surface area contributed by atoms with Crippen molar-refractivity contribution in [1.29, 1.82) is 0 Å². The fraction of sp³-hybridized carbons (Fsp3) is 0.409. The average molecular weight is 851 g/mol. The summed E-state index contributed by atoms with van der Waals surface area (Å²) in [6, 6.07) is 12.9. The number of nitrogens with one attached hydrogen (secondary N) is 4. The van der Waals surface area contributed by atoms with Crippen LogP contribution in [-0.4, -0.2) is 97.5 Å². The van der Waals surface area contributed by atoms with Crippen molar-refractivity contribution in [2.75, 3.05) is 26.8 Å². The third kappa shape index (κ3) is 7.90. The van der Waals surface area contributed by atoms with Crippen molar-refractivity contribution in [1.82, 2.24) is 40.4 Å². The molecular formula is C44H50N8O6S2. The van der Waals surface area contributed by atoms with Crippen molar-refractivity contribution >= 4 is 66.9 Å². The Morgan fingerprint density at radius 3 is 1.97 bits per heavy atom. The number of likely N-dealkylation sites (tertiary alicyclic amines) is 2. The van der Waals surface area contributed by atoms with Crippen molar-refractivity contribution in [3.05, 3.63) is 71.1 Å². The van der Waals surface area contributed by atoms with Crippen molar-refractivity contribution < 1.29 is 29.0 Å². The van der Waals surface area contributed by atoms with Gasteiger partial charge in [-0.15, -0.1) is 22.7 Å². The molecule has 16 heteroatoms. The van der Waals surface area contributed by atoms with Crippen LogP contribution in [0.5, 0.6) is 0 Å². The Labute approximate surface area is 355 Å². The number of benzene rings is 2. The second-order valence-electron chi connectivity index (χ2n) is 16.3. The number of aromatic amines is 2. The number of carbonyl (C=O) groups excluding carboxylic acids is 4. The number of fused-ring (bicyclic) bond motifs is 2. The summed E-state index contributed by atoms with van der Waals surface area (Å²) in [6.07, 6.45) is 4.42. The smallest absolute Gasteiger partial charge is 0.407 e. The van der Waals surface area contributed by atoms with Gasteiger partial charge < -0.3 is 40.2 Å². The first-order valence-electron chi connectivity index (χ1n) is 20.5. The number of H-pyrrole nitrogens is 2. The zero-order valence-corrected chi connectivity index (χ0v) is 35.9. The highest BCUT2D eigenvalue weighted by Gasteiger charge is 2.39. The number of aliphatic hydroxyl groups excluding tert-OH is 1. The van der Waals surface area contributed by atoms with Gasteiger partial charge in [-0.1, -0.05) is 58.0 Å². The summed E-state index contributed by atoms with van der Waals surface area (Å²) in [5.74, 6) is 0.347. The van der Waals surface area contributed by atoms with Gasteiger partial charge in [0.2, 0.25) is 17.7 Å². The lowest BCUT2D eigenvalue weighted by Gasteiger charge is -2.30. The van der Waals surface area contributed by atoms with E-state index in [1.54, 1.807) is 27.6 Å². The Morgan fingerprint density at radius 1 is 0.800 bits per heavy atom. The molecule has 4 aromatic heterocycles. The van der Waals surface area contributed by atoms with Gasteiger partial charge in [0.1, 0.15) is 30.3 Å². The standard InChI is InChI=1S/C44H50N8O6S2/c1-23(2)36(49-35(54)20-53)42(55)51-16-6-8-33(51)40-45-19-32(48-40)26-12-10-25(11-13-26)28-21-59-39-29(22-60-38(28)39)27-14-15-30-31(18-27)47-41(46-30)34-9-7-17-52(34)43(56)37(24(3)4)50-44(57)58-5/h10-15,18-19,21-24,33-34,36-37,53H,6-9,16-17,20H2,1-5H3,(H,45,48)(H,46,47)(H,49,54)(H,50,57)/t33?,34?,36-,37-/m0/s1. The molecule has 4 amide bonds. The highest BCUT2D eigenvalue weighted by Crippen LogP contribution is 2.45. The molecule has 0 bridgehead atoms. The Balaban J connectivity index is 0.977. The number of rotatable bonds is 12. The summed E-state index contributed by atoms with van der Waals surface area (Å²) in [7, 11) is 1.30. The van der Waals surface area contributed by atoms with Crippen LogP contribution in [0.1, 0.15) is 77.1 Å². The van der Waals surface area contributed by atoms with Crippen molar-refractivity contribution in [2.45, 2.75) is 77.5 Å². The van der Waals surface area contributed by atoms with E-state index >= 15 is 0 Å². The molecule has 5 N–H and O–H groups in total. The fourth-order valence-corrected chi connectivity index (χ4v) is 10.9. The number of thiophene rings is 2. The van der Waals surface area contributed by atoms with Crippen molar-refractivity contribution in [3.8, 4) is 33.5 Å². The lowest BCUT2D eigenvalue weighted by Crippen LogP contribution is -2.51. The van der Waals surface area contributed by atoms with Gasteiger partial charge in [0.05, 0.1) is 51.5 Å². The molecule has 2 aromatic carbocycles. The molecule has 60 heavy (non-hydrogen) atoms. The summed E-state index contributed by atoms with van der Waals surface area (Å²) in [5.41, 5.74) is 8.09. The number of carbonyl (C=O) groups is 4. The molecule has 0 radical (unpaired) electrons. The molecule has 6 heterocycles. The molecule has 0 spiro atoms. The number of aromatic nitrogens is 4. The largest absolute Gasteiger partial charge is 0.453 e. The maximum Gasteiger partial charge on any atom is 0.407 e. The molecule has 314 valence electrons. The number of aliphatic hydroxyl groups is 1. The predicted molar refractivity (Wildman–Crippen MR) is 233 cm³/mol. The van der Waals surface area contributed by atoms with Crippen molar-refractivity contribution in [2.24, 2.45) is 11.8 Å². The number of amides is 4. The zero-order chi connectivity index (χ0) is 42.2. The number of ether oxygens (including phenoxy) is 1. The molecule has 2 aliphatic rings. The SMILES string of the molecule is COC(=O)N[C@H](C(=O)N1CCCC1c1nc2cc(-c3csc4c(-c5ccc(-c6cnc(C7CCCN7C(=O)[C@@H](NC(=O)CO)C(C)C)[nH]6)cc5)csc34)ccc2[nH]1)C(C)C. The molecule has 8 rings (SSSR count). The minimum absolute atomic E-state index is 0.109. The van der Waals surface area contributed by atoms with E-state index in [1.807, 2.05) is 38.8 Å². The summed E-state index contributed by atoms with van der Waals surface area (Å²) in [4.78, 5) is 71.5. The van der Waals surface area contributed by atoms with E-state index in [1.165, 1.54) is 22.1 Å². The Kier molecular flexibility index (Phi) is 11.8. The van der Waals surface area contributed by atoms with Gasteiger partial charge in [0.15, 0.2) is 0 Å². The van der Waals surface area contributed by atoms with Crippen LogP contribution in [0.25, 0.3) is 53.9 Å². The maximum absolute atomic E-state index is 13.7. The number of hydrogen-bond donors (Lipinski definition) is 5. The lowest BCUT2D eigenvalue weighted by atomic mass is 10.0. The summed E-state index contributed by atoms with van der Waals surface area (Å²) >= 11 is 3.45. The van der Waals surface area contributed by atoms with E-state index in [9.17, 15) is 24.3 Å². The van der Waals surface area contributed by atoms with Crippen LogP contribution in [0.15, 0.2) is 59.4 Å². The first kappa shape index (κ1) is 41.2. The fourth-order valence-electron chi connectivity index (χ4n) is 8.47. The molecule has 2 aliphatic heterocycles. The van der Waals surface area contributed by atoms with Crippen LogP contribution in [-0.2, 0) is 19.1 Å². The lowest BCUT2D eigenvalue weighted by molar-refractivity contribution is -0.139. The Hall–Kier alpha value is -5.58. The monoisotopic (exact) mass is 850 g/mol. The quantitative estimate of drug-likeness (QED) is 0.0843. The molecule has 2 fully saturated rings. The third-order valence-corrected chi connectivity index (χ3v) is 13.8. The molecule has 14 nitrogen and oxygen atoms in total. The first-order chi connectivity index (χ1) is 28.9. The number of alkyl carbamates (subject to hydrolysis) is 1. The van der Waals surface area contributed by atoms with Gasteiger partial charge >= 0.3 is 6.09 Å². The van der Waals surface area contributed by atoms with Crippen molar-refractivity contribution in [3.63, 3.8) is 0 Å². The Bertz CT molecular complexity index is 2540. The van der Waals surface area contributed by atoms with Crippen LogP contribution in [0.2, 0.25) is 0 Å². The van der Waals surface area contributed by atoms with E-state index in [-0.39, 0.29) is 35.7 Å². The topological polar surface area (TPSA) is 186 Å². The second-order valence-corrected chi connectivity index (χ2v) is 18.0. The maximum atomic E-state index is 13.7. The van der Waals surface area contributed by atoms with Gasteiger partial charge in [-0.05, 0) is 66.3 Å². The van der Waals surface area contributed by atoms with Gasteiger partial charge in [-0.2, -0.15) is 0 Å². The zero-order valence-electron chi connectivity index (χ0n) is 34.3. The first-order valence-corrected chi connectivity index (χ1v) is 22.2. The van der Waals surface area contributed by atoms with Crippen LogP contribution >= 0.6 is 22.7 Å². The number of methoxy groups -OCH3 is 1. The second kappa shape index (κ2) is 17.2. The van der Waals surface area contributed by atoms with Gasteiger partial charge in [0.25, 0.3) is 0 Å². The predicted octanol–water partition coefficient (Wildman–Crippen LogP) is 7.40. The Morgan fingerprint density at radius 2 is 1.37 bits per heavy atom. The van der Waals surface area contributed by atoms with E-state index < -0.39 is 30.7 Å².